The van der Waals surface area contributed by atoms with E-state index >= 15 is 0 Å². The molecule has 0 radical (unpaired) electrons. The van der Waals surface area contributed by atoms with E-state index in [1.54, 1.807) is 6.26 Å². The van der Waals surface area contributed by atoms with E-state index in [1.807, 2.05) is 36.4 Å². The van der Waals surface area contributed by atoms with E-state index < -0.39 is 0 Å². The molecule has 0 bridgehead atoms. The number of benzene rings is 1. The zero-order chi connectivity index (χ0) is 11.9. The van der Waals surface area contributed by atoms with Crippen LogP contribution in [0.1, 0.15) is 5.76 Å². The van der Waals surface area contributed by atoms with Crippen LogP contribution in [0.3, 0.4) is 0 Å². The molecule has 3 nitrogen and oxygen atoms in total. The van der Waals surface area contributed by atoms with Gasteiger partial charge in [-0.15, -0.1) is 0 Å². The lowest BCUT2D eigenvalue weighted by Gasteiger charge is -2.08. The van der Waals surface area contributed by atoms with Crippen molar-refractivity contribution in [1.82, 2.24) is 5.32 Å². The lowest BCUT2D eigenvalue weighted by molar-refractivity contribution is 0.486. The fourth-order valence-electron chi connectivity index (χ4n) is 1.51. The molecule has 0 unspecified atom stereocenters. The number of anilines is 1. The van der Waals surface area contributed by atoms with Crippen molar-refractivity contribution in [3.63, 3.8) is 0 Å². The summed E-state index contributed by atoms with van der Waals surface area (Å²) in [5.74, 6) is 0.947. The number of halogens is 1. The van der Waals surface area contributed by atoms with E-state index in [2.05, 4.69) is 10.6 Å². The lowest BCUT2D eigenvalue weighted by Crippen LogP contribution is -2.21. The number of hydrogen-bond donors (Lipinski definition) is 2. The van der Waals surface area contributed by atoms with Gasteiger partial charge < -0.3 is 15.1 Å². The summed E-state index contributed by atoms with van der Waals surface area (Å²) in [5.41, 5.74) is 0.967. The summed E-state index contributed by atoms with van der Waals surface area (Å²) < 4.78 is 5.21. The van der Waals surface area contributed by atoms with Gasteiger partial charge in [-0.05, 0) is 24.3 Å². The predicted octanol–water partition coefficient (Wildman–Crippen LogP) is 3.13. The van der Waals surface area contributed by atoms with Crippen molar-refractivity contribution in [2.75, 3.05) is 18.4 Å². The Morgan fingerprint density at radius 1 is 1.06 bits per heavy atom. The summed E-state index contributed by atoms with van der Waals surface area (Å²) >= 11 is 6.02. The summed E-state index contributed by atoms with van der Waals surface area (Å²) in [6.07, 6.45) is 1.68. The highest BCUT2D eigenvalue weighted by Crippen LogP contribution is 2.19. The minimum Gasteiger partial charge on any atom is -0.468 e. The molecule has 0 saturated heterocycles. The quantitative estimate of drug-likeness (QED) is 0.774. The van der Waals surface area contributed by atoms with Crippen molar-refractivity contribution in [3.8, 4) is 0 Å². The van der Waals surface area contributed by atoms with Crippen LogP contribution in [0.15, 0.2) is 47.1 Å². The van der Waals surface area contributed by atoms with Gasteiger partial charge in [0.1, 0.15) is 5.76 Å². The number of furan rings is 1. The number of nitrogens with one attached hydrogen (secondary N) is 2. The SMILES string of the molecule is Clc1ccccc1NCCNCc1ccco1. The van der Waals surface area contributed by atoms with E-state index in [0.717, 1.165) is 36.1 Å². The van der Waals surface area contributed by atoms with Gasteiger partial charge in [0.25, 0.3) is 0 Å². The summed E-state index contributed by atoms with van der Waals surface area (Å²) in [7, 11) is 0. The van der Waals surface area contributed by atoms with Crippen LogP contribution in [0, 0.1) is 0 Å². The summed E-state index contributed by atoms with van der Waals surface area (Å²) in [6, 6.07) is 11.6. The number of rotatable bonds is 6. The summed E-state index contributed by atoms with van der Waals surface area (Å²) in [6.45, 7) is 2.42. The smallest absolute Gasteiger partial charge is 0.117 e. The van der Waals surface area contributed by atoms with Crippen LogP contribution < -0.4 is 10.6 Å². The Bertz CT molecular complexity index is 442. The minimum atomic E-state index is 0.747. The first-order valence-electron chi connectivity index (χ1n) is 5.58. The van der Waals surface area contributed by atoms with Gasteiger partial charge in [0.15, 0.2) is 0 Å². The minimum absolute atomic E-state index is 0.747. The van der Waals surface area contributed by atoms with Crippen molar-refractivity contribution < 1.29 is 4.42 Å². The number of para-hydroxylation sites is 1. The third kappa shape index (κ3) is 3.80. The molecular formula is C13H15ClN2O. The zero-order valence-corrected chi connectivity index (χ0v) is 10.2. The Balaban J connectivity index is 1.65. The molecule has 0 aliphatic heterocycles. The van der Waals surface area contributed by atoms with Crippen LogP contribution >= 0.6 is 11.6 Å². The normalized spacial score (nSPS) is 10.4. The highest BCUT2D eigenvalue weighted by atomic mass is 35.5. The molecule has 0 aliphatic carbocycles. The average molecular weight is 251 g/mol. The molecule has 2 rings (SSSR count). The highest BCUT2D eigenvalue weighted by molar-refractivity contribution is 6.33. The second-order valence-electron chi connectivity index (χ2n) is 3.66. The first-order valence-corrected chi connectivity index (χ1v) is 5.95. The average Bonchev–Trinajstić information content (AvgIpc) is 2.84. The number of hydrogen-bond acceptors (Lipinski definition) is 3. The molecule has 0 aliphatic rings. The molecule has 17 heavy (non-hydrogen) atoms. The van der Waals surface area contributed by atoms with Crippen molar-refractivity contribution in [1.29, 1.82) is 0 Å². The maximum atomic E-state index is 6.02. The van der Waals surface area contributed by atoms with E-state index in [0.29, 0.717) is 0 Å². The van der Waals surface area contributed by atoms with E-state index in [9.17, 15) is 0 Å². The third-order valence-electron chi connectivity index (χ3n) is 2.37. The van der Waals surface area contributed by atoms with Crippen molar-refractivity contribution >= 4 is 17.3 Å². The van der Waals surface area contributed by atoms with Crippen LogP contribution in [0.4, 0.5) is 5.69 Å². The first kappa shape index (κ1) is 12.0. The Morgan fingerprint density at radius 2 is 1.94 bits per heavy atom. The Labute approximate surface area is 106 Å². The second-order valence-corrected chi connectivity index (χ2v) is 4.07. The van der Waals surface area contributed by atoms with Crippen LogP contribution in [0.25, 0.3) is 0 Å². The van der Waals surface area contributed by atoms with Gasteiger partial charge in [0, 0.05) is 13.1 Å². The maximum Gasteiger partial charge on any atom is 0.117 e. The third-order valence-corrected chi connectivity index (χ3v) is 2.70. The molecule has 0 amide bonds. The predicted molar refractivity (Wildman–Crippen MR) is 70.4 cm³/mol. The molecule has 0 atom stereocenters. The van der Waals surface area contributed by atoms with Gasteiger partial charge >= 0.3 is 0 Å². The standard InChI is InChI=1S/C13H15ClN2O/c14-12-5-1-2-6-13(12)16-8-7-15-10-11-4-3-9-17-11/h1-6,9,15-16H,7-8,10H2. The van der Waals surface area contributed by atoms with Gasteiger partial charge in [-0.1, -0.05) is 23.7 Å². The molecule has 2 N–H and O–H groups in total. The van der Waals surface area contributed by atoms with Gasteiger partial charge in [-0.25, -0.2) is 0 Å². The lowest BCUT2D eigenvalue weighted by atomic mass is 10.3. The van der Waals surface area contributed by atoms with Gasteiger partial charge in [0.05, 0.1) is 23.5 Å². The van der Waals surface area contributed by atoms with Crippen LogP contribution in [0.2, 0.25) is 5.02 Å². The Hall–Kier alpha value is -1.45. The fraction of sp³-hybridized carbons (Fsp3) is 0.231. The molecule has 1 aromatic heterocycles. The Kier molecular flexibility index (Phi) is 4.47. The van der Waals surface area contributed by atoms with Crippen LogP contribution in [0.5, 0.6) is 0 Å². The zero-order valence-electron chi connectivity index (χ0n) is 9.45. The molecule has 90 valence electrons. The van der Waals surface area contributed by atoms with Crippen molar-refractivity contribution in [2.24, 2.45) is 0 Å². The molecule has 2 aromatic rings. The topological polar surface area (TPSA) is 37.2 Å². The fourth-order valence-corrected chi connectivity index (χ4v) is 1.72. The van der Waals surface area contributed by atoms with E-state index in [4.69, 9.17) is 16.0 Å². The molecule has 1 heterocycles. The molecule has 0 saturated carbocycles. The monoisotopic (exact) mass is 250 g/mol. The maximum absolute atomic E-state index is 6.02. The Morgan fingerprint density at radius 3 is 2.71 bits per heavy atom. The highest BCUT2D eigenvalue weighted by Gasteiger charge is 1.97. The van der Waals surface area contributed by atoms with Gasteiger partial charge in [-0.2, -0.15) is 0 Å². The van der Waals surface area contributed by atoms with Crippen LogP contribution in [-0.4, -0.2) is 13.1 Å². The van der Waals surface area contributed by atoms with E-state index in [-0.39, 0.29) is 0 Å². The molecule has 0 fully saturated rings. The first-order chi connectivity index (χ1) is 8.36. The van der Waals surface area contributed by atoms with Crippen molar-refractivity contribution in [3.05, 3.63) is 53.4 Å². The molecule has 0 spiro atoms. The van der Waals surface area contributed by atoms with E-state index in [1.165, 1.54) is 0 Å². The summed E-state index contributed by atoms with van der Waals surface area (Å²) in [5, 5.41) is 7.29. The van der Waals surface area contributed by atoms with Crippen molar-refractivity contribution in [2.45, 2.75) is 6.54 Å². The van der Waals surface area contributed by atoms with Gasteiger partial charge in [0.2, 0.25) is 0 Å². The second kappa shape index (κ2) is 6.33. The molecule has 4 heteroatoms. The summed E-state index contributed by atoms with van der Waals surface area (Å²) in [4.78, 5) is 0. The molecular weight excluding hydrogens is 236 g/mol. The molecule has 1 aromatic carbocycles. The van der Waals surface area contributed by atoms with Crippen LogP contribution in [-0.2, 0) is 6.54 Å². The van der Waals surface area contributed by atoms with Gasteiger partial charge in [-0.3, -0.25) is 0 Å². The largest absolute Gasteiger partial charge is 0.468 e.